The predicted molar refractivity (Wildman–Crippen MR) is 74.0 cm³/mol. The van der Waals surface area contributed by atoms with Gasteiger partial charge in [0.15, 0.2) is 0 Å². The smallest absolute Gasteiger partial charge is 0.307 e. The number of aliphatic hydroxyl groups excluding tert-OH is 1. The molecule has 114 valence electrons. The number of rotatable bonds is 4. The van der Waals surface area contributed by atoms with E-state index in [2.05, 4.69) is 5.32 Å². The molecule has 2 rings (SSSR count). The van der Waals surface area contributed by atoms with Gasteiger partial charge in [-0.3, -0.25) is 9.59 Å². The molecule has 5 nitrogen and oxygen atoms in total. The molecule has 3 unspecified atom stereocenters. The Morgan fingerprint density at radius 3 is 2.45 bits per heavy atom. The number of aliphatic hydroxyl groups is 1. The predicted octanol–water partition coefficient (Wildman–Crippen LogP) is 1.40. The van der Waals surface area contributed by atoms with Gasteiger partial charge in [0.2, 0.25) is 5.91 Å². The molecule has 0 bridgehead atoms. The zero-order valence-electron chi connectivity index (χ0n) is 12.0. The monoisotopic (exact) mass is 283 g/mol. The minimum atomic E-state index is -0.864. The summed E-state index contributed by atoms with van der Waals surface area (Å²) < 4.78 is 0. The van der Waals surface area contributed by atoms with Gasteiger partial charge in [0, 0.05) is 18.6 Å². The van der Waals surface area contributed by atoms with E-state index in [0.29, 0.717) is 12.8 Å². The lowest BCUT2D eigenvalue weighted by Crippen LogP contribution is -2.46. The van der Waals surface area contributed by atoms with Crippen molar-refractivity contribution in [2.24, 2.45) is 23.7 Å². The molecule has 2 saturated carbocycles. The number of nitrogens with one attached hydrogen (secondary N) is 1. The number of carboxylic acids is 1. The summed E-state index contributed by atoms with van der Waals surface area (Å²) in [7, 11) is 0. The Kier molecular flexibility index (Phi) is 5.02. The molecule has 20 heavy (non-hydrogen) atoms. The highest BCUT2D eigenvalue weighted by molar-refractivity contribution is 5.85. The van der Waals surface area contributed by atoms with E-state index in [0.717, 1.165) is 25.7 Å². The maximum atomic E-state index is 12.4. The van der Waals surface area contributed by atoms with E-state index in [-0.39, 0.29) is 30.4 Å². The number of hydrogen-bond acceptors (Lipinski definition) is 3. The molecular weight excluding hydrogens is 258 g/mol. The summed E-state index contributed by atoms with van der Waals surface area (Å²) >= 11 is 0. The summed E-state index contributed by atoms with van der Waals surface area (Å²) in [6, 6.07) is 0.00611. The molecule has 2 fully saturated rings. The van der Waals surface area contributed by atoms with Crippen LogP contribution in [0.5, 0.6) is 0 Å². The van der Waals surface area contributed by atoms with Gasteiger partial charge in [0.05, 0.1) is 11.8 Å². The van der Waals surface area contributed by atoms with Crippen molar-refractivity contribution < 1.29 is 19.8 Å². The van der Waals surface area contributed by atoms with Crippen LogP contribution in [0, 0.1) is 23.7 Å². The molecule has 0 saturated heterocycles. The molecule has 2 aliphatic rings. The fourth-order valence-electron chi connectivity index (χ4n) is 3.76. The van der Waals surface area contributed by atoms with Gasteiger partial charge >= 0.3 is 5.97 Å². The normalized spacial score (nSPS) is 37.6. The minimum absolute atomic E-state index is 0.00611. The van der Waals surface area contributed by atoms with Crippen LogP contribution in [0.4, 0.5) is 0 Å². The van der Waals surface area contributed by atoms with Crippen molar-refractivity contribution >= 4 is 11.9 Å². The molecule has 0 radical (unpaired) electrons. The molecule has 2 aliphatic carbocycles. The molecule has 5 heteroatoms. The number of carboxylic acid groups (broad SMARTS) is 1. The molecule has 0 aromatic rings. The van der Waals surface area contributed by atoms with Crippen molar-refractivity contribution in [2.45, 2.75) is 51.5 Å². The number of hydrogen-bond donors (Lipinski definition) is 3. The fourth-order valence-corrected chi connectivity index (χ4v) is 3.76. The summed E-state index contributed by atoms with van der Waals surface area (Å²) in [4.78, 5) is 23.6. The van der Waals surface area contributed by atoms with Gasteiger partial charge in [-0.1, -0.05) is 19.8 Å². The van der Waals surface area contributed by atoms with E-state index in [1.54, 1.807) is 0 Å². The molecule has 0 aromatic carbocycles. The van der Waals surface area contributed by atoms with Crippen molar-refractivity contribution in [3.63, 3.8) is 0 Å². The molecule has 1 amide bonds. The highest BCUT2D eigenvalue weighted by atomic mass is 16.4. The van der Waals surface area contributed by atoms with Crippen LogP contribution in [-0.4, -0.2) is 34.7 Å². The Morgan fingerprint density at radius 2 is 1.80 bits per heavy atom. The van der Waals surface area contributed by atoms with Crippen LogP contribution >= 0.6 is 0 Å². The number of carbonyl (C=O) groups is 2. The second-order valence-electron chi connectivity index (χ2n) is 6.47. The maximum Gasteiger partial charge on any atom is 0.307 e. The molecule has 0 aromatic heterocycles. The third-order valence-electron chi connectivity index (χ3n) is 4.92. The molecular formula is C15H25NO4. The third-order valence-corrected chi connectivity index (χ3v) is 4.92. The summed E-state index contributed by atoms with van der Waals surface area (Å²) in [5, 5.41) is 21.6. The highest BCUT2D eigenvalue weighted by Gasteiger charge is 2.42. The summed E-state index contributed by atoms with van der Waals surface area (Å²) in [6.45, 7) is 2.09. The van der Waals surface area contributed by atoms with Crippen LogP contribution in [-0.2, 0) is 9.59 Å². The Balaban J connectivity index is 1.98. The number of carbonyl (C=O) groups excluding carboxylic acids is 1. The standard InChI is InChI=1S/C15H25NO4/c1-9-6-11(12(7-9)15(19)20)14(18)16-13-5-3-2-4-10(13)8-17/h9-13,17H,2-8H2,1H3,(H,16,18)(H,19,20)/t9?,10?,11-,12+,13?/m0/s1. The van der Waals surface area contributed by atoms with Crippen LogP contribution in [0.25, 0.3) is 0 Å². The van der Waals surface area contributed by atoms with E-state index < -0.39 is 17.8 Å². The SMILES string of the molecule is CC1C[C@H](C(=O)NC2CCCCC2CO)[C@H](C(=O)O)C1. The van der Waals surface area contributed by atoms with Gasteiger partial charge in [-0.05, 0) is 31.6 Å². The first-order chi connectivity index (χ1) is 9.52. The van der Waals surface area contributed by atoms with Crippen molar-refractivity contribution in [1.29, 1.82) is 0 Å². The zero-order chi connectivity index (χ0) is 14.7. The van der Waals surface area contributed by atoms with Gasteiger partial charge in [-0.2, -0.15) is 0 Å². The van der Waals surface area contributed by atoms with Crippen molar-refractivity contribution in [2.75, 3.05) is 6.61 Å². The molecule has 0 spiro atoms. The van der Waals surface area contributed by atoms with Crippen molar-refractivity contribution in [3.05, 3.63) is 0 Å². The third kappa shape index (κ3) is 3.32. The quantitative estimate of drug-likeness (QED) is 0.728. The van der Waals surface area contributed by atoms with Crippen LogP contribution in [0.15, 0.2) is 0 Å². The first-order valence-electron chi connectivity index (χ1n) is 7.67. The van der Waals surface area contributed by atoms with E-state index in [9.17, 15) is 19.8 Å². The topological polar surface area (TPSA) is 86.6 Å². The molecule has 5 atom stereocenters. The first kappa shape index (κ1) is 15.3. The zero-order valence-corrected chi connectivity index (χ0v) is 12.0. The Labute approximate surface area is 119 Å². The average Bonchev–Trinajstić information content (AvgIpc) is 2.82. The van der Waals surface area contributed by atoms with Gasteiger partial charge in [0.1, 0.15) is 0 Å². The summed E-state index contributed by atoms with van der Waals surface area (Å²) in [5.41, 5.74) is 0. The van der Waals surface area contributed by atoms with E-state index in [4.69, 9.17) is 0 Å². The Bertz CT molecular complexity index is 371. The van der Waals surface area contributed by atoms with Crippen LogP contribution < -0.4 is 5.32 Å². The van der Waals surface area contributed by atoms with Crippen LogP contribution in [0.1, 0.15) is 45.4 Å². The van der Waals surface area contributed by atoms with Gasteiger partial charge in [-0.25, -0.2) is 0 Å². The maximum absolute atomic E-state index is 12.4. The van der Waals surface area contributed by atoms with Gasteiger partial charge < -0.3 is 15.5 Å². The second-order valence-corrected chi connectivity index (χ2v) is 6.47. The highest BCUT2D eigenvalue weighted by Crippen LogP contribution is 2.37. The molecule has 0 aliphatic heterocycles. The first-order valence-corrected chi connectivity index (χ1v) is 7.67. The second kappa shape index (κ2) is 6.57. The average molecular weight is 283 g/mol. The van der Waals surface area contributed by atoms with E-state index in [1.807, 2.05) is 6.92 Å². The minimum Gasteiger partial charge on any atom is -0.481 e. The van der Waals surface area contributed by atoms with Gasteiger partial charge in [0.25, 0.3) is 0 Å². The van der Waals surface area contributed by atoms with Crippen molar-refractivity contribution in [1.82, 2.24) is 5.32 Å². The lowest BCUT2D eigenvalue weighted by Gasteiger charge is -2.32. The Hall–Kier alpha value is -1.10. The van der Waals surface area contributed by atoms with E-state index in [1.165, 1.54) is 0 Å². The van der Waals surface area contributed by atoms with E-state index >= 15 is 0 Å². The summed E-state index contributed by atoms with van der Waals surface area (Å²) in [6.07, 6.45) is 5.21. The van der Waals surface area contributed by atoms with Crippen molar-refractivity contribution in [3.8, 4) is 0 Å². The lowest BCUT2D eigenvalue weighted by molar-refractivity contribution is -0.146. The van der Waals surface area contributed by atoms with Gasteiger partial charge in [-0.15, -0.1) is 0 Å². The Morgan fingerprint density at radius 1 is 1.15 bits per heavy atom. The largest absolute Gasteiger partial charge is 0.481 e. The van der Waals surface area contributed by atoms with Crippen LogP contribution in [0.2, 0.25) is 0 Å². The fraction of sp³-hybridized carbons (Fsp3) is 0.867. The summed E-state index contributed by atoms with van der Waals surface area (Å²) in [5.74, 6) is -1.56. The molecule has 0 heterocycles. The molecule has 3 N–H and O–H groups in total. The van der Waals surface area contributed by atoms with Crippen LogP contribution in [0.3, 0.4) is 0 Å². The number of amides is 1. The number of aliphatic carboxylic acids is 1. The lowest BCUT2D eigenvalue weighted by atomic mass is 9.84.